The number of ether oxygens (including phenoxy) is 2. The molecule has 0 bridgehead atoms. The van der Waals surface area contributed by atoms with Crippen LogP contribution in [0.15, 0.2) is 30.6 Å². The lowest BCUT2D eigenvalue weighted by Gasteiger charge is -2.23. The van der Waals surface area contributed by atoms with Crippen molar-refractivity contribution in [3.05, 3.63) is 53.0 Å². The van der Waals surface area contributed by atoms with E-state index in [1.807, 2.05) is 25.4 Å². The van der Waals surface area contributed by atoms with Gasteiger partial charge in [0.1, 0.15) is 5.75 Å². The number of fused-ring (bicyclic) bond motifs is 3. The fourth-order valence-corrected chi connectivity index (χ4v) is 4.92. The summed E-state index contributed by atoms with van der Waals surface area (Å²) in [5, 5.41) is 4.60. The van der Waals surface area contributed by atoms with Gasteiger partial charge in [-0.15, -0.1) is 0 Å². The molecule has 3 aromatic rings. The Balaban J connectivity index is 1.40. The second-order valence-corrected chi connectivity index (χ2v) is 9.13. The highest BCUT2D eigenvalue weighted by atomic mass is 16.5. The van der Waals surface area contributed by atoms with Gasteiger partial charge in [0.25, 0.3) is 11.9 Å². The number of benzene rings is 1. The van der Waals surface area contributed by atoms with Crippen molar-refractivity contribution in [2.75, 3.05) is 27.4 Å². The molecule has 1 aliphatic heterocycles. The number of nitrogens with zero attached hydrogens (tertiary/aromatic N) is 5. The monoisotopic (exact) mass is 445 g/mol. The molecule has 2 aromatic heterocycles. The van der Waals surface area contributed by atoms with Gasteiger partial charge < -0.3 is 14.4 Å². The Bertz CT molecular complexity index is 1230. The number of methoxy groups -OCH3 is 1. The van der Waals surface area contributed by atoms with Crippen LogP contribution in [0, 0.1) is 0 Å². The highest BCUT2D eigenvalue weighted by molar-refractivity contribution is 5.95. The lowest BCUT2D eigenvalue weighted by atomic mass is 9.90. The zero-order valence-corrected chi connectivity index (χ0v) is 19.0. The molecule has 6 rings (SSSR count). The third-order valence-electron chi connectivity index (χ3n) is 7.05. The van der Waals surface area contributed by atoms with E-state index in [1.165, 1.54) is 5.56 Å². The molecule has 3 heterocycles. The Hall–Kier alpha value is -3.26. The summed E-state index contributed by atoms with van der Waals surface area (Å²) in [6.07, 6.45) is 8.41. The maximum atomic E-state index is 13.4. The van der Waals surface area contributed by atoms with Gasteiger partial charge in [-0.05, 0) is 55.4 Å². The third-order valence-corrected chi connectivity index (χ3v) is 7.05. The van der Waals surface area contributed by atoms with E-state index >= 15 is 0 Å². The molecule has 0 N–H and O–H groups in total. The molecule has 1 unspecified atom stereocenters. The van der Waals surface area contributed by atoms with Gasteiger partial charge in [-0.1, -0.05) is 6.07 Å². The Kier molecular flexibility index (Phi) is 4.90. The van der Waals surface area contributed by atoms with E-state index in [2.05, 4.69) is 16.1 Å². The van der Waals surface area contributed by atoms with Crippen molar-refractivity contribution < 1.29 is 14.3 Å². The first-order chi connectivity index (χ1) is 16.1. The quantitative estimate of drug-likeness (QED) is 0.600. The normalized spacial score (nSPS) is 19.2. The molecule has 2 fully saturated rings. The topological polar surface area (TPSA) is 82.4 Å². The van der Waals surface area contributed by atoms with Crippen LogP contribution >= 0.6 is 0 Å². The van der Waals surface area contributed by atoms with Gasteiger partial charge in [-0.25, -0.2) is 14.6 Å². The first-order valence-electron chi connectivity index (χ1n) is 11.6. The number of likely N-dealkylation sites (N-methyl/N-ethyl adjacent to an activating group) is 1. The highest BCUT2D eigenvalue weighted by Gasteiger charge is 2.36. The molecule has 0 radical (unpaired) electrons. The number of hydrogen-bond acceptors (Lipinski definition) is 6. The molecule has 0 spiro atoms. The van der Waals surface area contributed by atoms with Gasteiger partial charge in [0.05, 0.1) is 42.9 Å². The summed E-state index contributed by atoms with van der Waals surface area (Å²) in [7, 11) is 3.53. The molecule has 3 aliphatic rings. The van der Waals surface area contributed by atoms with Crippen LogP contribution in [-0.4, -0.2) is 64.0 Å². The van der Waals surface area contributed by atoms with E-state index in [0.717, 1.165) is 60.4 Å². The minimum absolute atomic E-state index is 0.00769. The smallest absolute Gasteiger partial charge is 0.257 e. The summed E-state index contributed by atoms with van der Waals surface area (Å²) in [4.78, 5) is 24.8. The number of carbonyl (C=O) groups excluding carboxylic acids is 1. The molecule has 1 saturated heterocycles. The average Bonchev–Trinajstić information content (AvgIpc) is 3.36. The van der Waals surface area contributed by atoms with Gasteiger partial charge in [0.15, 0.2) is 0 Å². The Morgan fingerprint density at radius 1 is 1.18 bits per heavy atom. The van der Waals surface area contributed by atoms with Crippen molar-refractivity contribution in [2.24, 2.45) is 0 Å². The zero-order chi connectivity index (χ0) is 22.5. The van der Waals surface area contributed by atoms with Gasteiger partial charge >= 0.3 is 0 Å². The van der Waals surface area contributed by atoms with Crippen LogP contribution in [0.1, 0.15) is 52.4 Å². The molecule has 1 atom stereocenters. The van der Waals surface area contributed by atoms with E-state index in [9.17, 15) is 4.79 Å². The number of carbonyl (C=O) groups is 1. The number of rotatable bonds is 5. The van der Waals surface area contributed by atoms with E-state index < -0.39 is 0 Å². The molecule has 8 heteroatoms. The molecule has 33 heavy (non-hydrogen) atoms. The number of amides is 1. The van der Waals surface area contributed by atoms with Crippen molar-refractivity contribution >= 4 is 5.91 Å². The predicted molar refractivity (Wildman–Crippen MR) is 122 cm³/mol. The van der Waals surface area contributed by atoms with Crippen molar-refractivity contribution in [2.45, 2.75) is 44.1 Å². The van der Waals surface area contributed by atoms with Crippen LogP contribution in [0.25, 0.3) is 17.2 Å². The third kappa shape index (κ3) is 3.49. The first kappa shape index (κ1) is 20.4. The van der Waals surface area contributed by atoms with Crippen molar-refractivity contribution in [3.63, 3.8) is 0 Å². The van der Waals surface area contributed by atoms with Crippen molar-refractivity contribution in [1.82, 2.24) is 24.6 Å². The lowest BCUT2D eigenvalue weighted by Crippen LogP contribution is -2.37. The molecular formula is C25H27N5O3. The molecule has 8 nitrogen and oxygen atoms in total. The van der Waals surface area contributed by atoms with Crippen LogP contribution < -0.4 is 4.74 Å². The largest absolute Gasteiger partial charge is 0.497 e. The fourth-order valence-electron chi connectivity index (χ4n) is 4.92. The summed E-state index contributed by atoms with van der Waals surface area (Å²) in [5.41, 5.74) is 5.95. The molecule has 1 amide bonds. The molecule has 1 aromatic carbocycles. The maximum absolute atomic E-state index is 13.4. The lowest BCUT2D eigenvalue weighted by molar-refractivity contribution is 0.0710. The van der Waals surface area contributed by atoms with Crippen LogP contribution in [0.4, 0.5) is 0 Å². The van der Waals surface area contributed by atoms with E-state index in [1.54, 1.807) is 22.9 Å². The second kappa shape index (κ2) is 7.95. The Morgan fingerprint density at radius 2 is 2.03 bits per heavy atom. The number of aromatic nitrogens is 4. The van der Waals surface area contributed by atoms with Gasteiger partial charge in [0.2, 0.25) is 0 Å². The zero-order valence-electron chi connectivity index (χ0n) is 19.0. The van der Waals surface area contributed by atoms with E-state index in [4.69, 9.17) is 14.5 Å². The molecule has 2 aliphatic carbocycles. The van der Waals surface area contributed by atoms with Crippen LogP contribution in [0.3, 0.4) is 0 Å². The van der Waals surface area contributed by atoms with Crippen molar-refractivity contribution in [1.29, 1.82) is 0 Å². The van der Waals surface area contributed by atoms with Gasteiger partial charge in [-0.3, -0.25) is 4.79 Å². The second-order valence-electron chi connectivity index (χ2n) is 9.13. The van der Waals surface area contributed by atoms with Crippen LogP contribution in [-0.2, 0) is 17.6 Å². The number of hydrogen-bond donors (Lipinski definition) is 0. The Labute approximate surface area is 192 Å². The Morgan fingerprint density at radius 3 is 2.79 bits per heavy atom. The SMILES string of the molecule is COc1ccc2c(c1)-c1nc(-n3ncc(C(=O)N(C)C4CCOC4)c3C3CC3)ncc1CC2. The highest BCUT2D eigenvalue weighted by Crippen LogP contribution is 2.43. The first-order valence-corrected chi connectivity index (χ1v) is 11.6. The summed E-state index contributed by atoms with van der Waals surface area (Å²) < 4.78 is 12.7. The maximum Gasteiger partial charge on any atom is 0.257 e. The molecular weight excluding hydrogens is 418 g/mol. The molecule has 1 saturated carbocycles. The minimum Gasteiger partial charge on any atom is -0.497 e. The van der Waals surface area contributed by atoms with Gasteiger partial charge in [-0.2, -0.15) is 5.10 Å². The minimum atomic E-state index is -0.00769. The van der Waals surface area contributed by atoms with E-state index in [0.29, 0.717) is 30.6 Å². The standard InChI is InChI=1S/C25H27N5O3/c1-29(18-9-10-33-14-18)24(31)21-13-27-30(23(21)16-4-5-16)25-26-12-17-6-3-15-7-8-19(32-2)11-20(15)22(17)28-25/h7-8,11-13,16,18H,3-6,9-10,14H2,1-2H3. The van der Waals surface area contributed by atoms with E-state index in [-0.39, 0.29) is 11.9 Å². The van der Waals surface area contributed by atoms with Crippen LogP contribution in [0.5, 0.6) is 5.75 Å². The van der Waals surface area contributed by atoms with Crippen molar-refractivity contribution in [3.8, 4) is 23.0 Å². The fraction of sp³-hybridized carbons (Fsp3) is 0.440. The van der Waals surface area contributed by atoms with Crippen LogP contribution in [0.2, 0.25) is 0 Å². The molecule has 170 valence electrons. The predicted octanol–water partition coefficient (Wildman–Crippen LogP) is 3.17. The average molecular weight is 446 g/mol. The summed E-state index contributed by atoms with van der Waals surface area (Å²) >= 11 is 0. The number of aryl methyl sites for hydroxylation is 2. The summed E-state index contributed by atoms with van der Waals surface area (Å²) in [6.45, 7) is 1.29. The summed E-state index contributed by atoms with van der Waals surface area (Å²) in [5.74, 6) is 1.63. The summed E-state index contributed by atoms with van der Waals surface area (Å²) in [6, 6.07) is 6.26. The van der Waals surface area contributed by atoms with Gasteiger partial charge in [0, 0.05) is 31.3 Å².